The molecule has 1 unspecified atom stereocenters. The number of carbonyl (C=O) groups excluding carboxylic acids is 2. The molecule has 1 atom stereocenters. The third kappa shape index (κ3) is 7.57. The standard InChI is InChI=1S/C32H38Cl2N4O2/c1-3-35-31(40)36-32(27-12-8-5-9-13-27)17-20-38(21-18-32)19-16-26(25-14-15-28(33)29(34)22-25)23-37(2)30(39)24-10-6-4-7-11-24/h4-15,22,26H,3,16-21,23H2,1-2H3,(H2,35,36,40). The van der Waals surface area contributed by atoms with E-state index in [4.69, 9.17) is 23.2 Å². The molecule has 40 heavy (non-hydrogen) atoms. The van der Waals surface area contributed by atoms with E-state index in [9.17, 15) is 9.59 Å². The molecule has 0 bridgehead atoms. The molecule has 212 valence electrons. The highest BCUT2D eigenvalue weighted by Gasteiger charge is 2.37. The van der Waals surface area contributed by atoms with Crippen molar-refractivity contribution in [3.05, 3.63) is 106 Å². The molecule has 8 heteroatoms. The first kappa shape index (κ1) is 29.9. The molecule has 0 radical (unpaired) electrons. The van der Waals surface area contributed by atoms with Crippen molar-refractivity contribution in [3.8, 4) is 0 Å². The lowest BCUT2D eigenvalue weighted by molar-refractivity contribution is 0.0779. The van der Waals surface area contributed by atoms with Crippen LogP contribution in [0.5, 0.6) is 0 Å². The van der Waals surface area contributed by atoms with E-state index in [1.807, 2.05) is 80.7 Å². The average molecular weight is 582 g/mol. The summed E-state index contributed by atoms with van der Waals surface area (Å²) in [4.78, 5) is 29.9. The van der Waals surface area contributed by atoms with Gasteiger partial charge in [-0.15, -0.1) is 0 Å². The minimum atomic E-state index is -0.400. The van der Waals surface area contributed by atoms with E-state index in [2.05, 4.69) is 27.7 Å². The minimum Gasteiger partial charge on any atom is -0.341 e. The number of halogens is 2. The SMILES string of the molecule is CCNC(=O)NC1(c2ccccc2)CCN(CCC(CN(C)C(=O)c2ccccc2)c2ccc(Cl)c(Cl)c2)CC1. The summed E-state index contributed by atoms with van der Waals surface area (Å²) < 4.78 is 0. The maximum Gasteiger partial charge on any atom is 0.315 e. The van der Waals surface area contributed by atoms with Gasteiger partial charge in [0.15, 0.2) is 0 Å². The van der Waals surface area contributed by atoms with Crippen LogP contribution < -0.4 is 10.6 Å². The normalized spacial score (nSPS) is 15.7. The molecule has 1 saturated heterocycles. The minimum absolute atomic E-state index is 0.00675. The van der Waals surface area contributed by atoms with Crippen molar-refractivity contribution >= 4 is 35.1 Å². The van der Waals surface area contributed by atoms with Crippen molar-refractivity contribution in [3.63, 3.8) is 0 Å². The quantitative estimate of drug-likeness (QED) is 0.286. The van der Waals surface area contributed by atoms with Crippen LogP contribution in [0, 0.1) is 0 Å². The molecule has 0 saturated carbocycles. The number of nitrogens with one attached hydrogen (secondary N) is 2. The monoisotopic (exact) mass is 580 g/mol. The Labute approximate surface area is 247 Å². The number of carbonyl (C=O) groups is 2. The number of nitrogens with zero attached hydrogens (tertiary/aromatic N) is 2. The lowest BCUT2D eigenvalue weighted by Crippen LogP contribution is -2.55. The van der Waals surface area contributed by atoms with Gasteiger partial charge in [-0.25, -0.2) is 4.79 Å². The van der Waals surface area contributed by atoms with E-state index in [-0.39, 0.29) is 17.9 Å². The van der Waals surface area contributed by atoms with E-state index in [1.54, 1.807) is 4.90 Å². The summed E-state index contributed by atoms with van der Waals surface area (Å²) >= 11 is 12.6. The van der Waals surface area contributed by atoms with Gasteiger partial charge in [0, 0.05) is 44.7 Å². The largest absolute Gasteiger partial charge is 0.341 e. The number of likely N-dealkylation sites (tertiary alicyclic amines) is 1. The van der Waals surface area contributed by atoms with E-state index in [0.717, 1.165) is 50.0 Å². The molecular formula is C32H38Cl2N4O2. The van der Waals surface area contributed by atoms with Gasteiger partial charge in [0.2, 0.25) is 0 Å². The molecule has 1 aliphatic rings. The third-order valence-electron chi connectivity index (χ3n) is 7.80. The van der Waals surface area contributed by atoms with Gasteiger partial charge in [-0.3, -0.25) is 4.79 Å². The number of urea groups is 1. The highest BCUT2D eigenvalue weighted by molar-refractivity contribution is 6.42. The van der Waals surface area contributed by atoms with Gasteiger partial charge in [-0.1, -0.05) is 77.8 Å². The van der Waals surface area contributed by atoms with Crippen molar-refractivity contribution in [2.45, 2.75) is 37.6 Å². The van der Waals surface area contributed by atoms with E-state index in [1.165, 1.54) is 0 Å². The highest BCUT2D eigenvalue weighted by atomic mass is 35.5. The first-order valence-electron chi connectivity index (χ1n) is 13.9. The molecule has 4 rings (SSSR count). The van der Waals surface area contributed by atoms with Crippen molar-refractivity contribution in [2.24, 2.45) is 0 Å². The Balaban J connectivity index is 1.45. The number of benzene rings is 3. The smallest absolute Gasteiger partial charge is 0.315 e. The highest BCUT2D eigenvalue weighted by Crippen LogP contribution is 2.34. The molecule has 1 heterocycles. The van der Waals surface area contributed by atoms with Crippen LogP contribution in [0.1, 0.15) is 53.6 Å². The number of rotatable bonds is 10. The van der Waals surface area contributed by atoms with Crippen LogP contribution in [0.4, 0.5) is 4.79 Å². The maximum atomic E-state index is 13.1. The van der Waals surface area contributed by atoms with Crippen molar-refractivity contribution in [2.75, 3.05) is 39.8 Å². The molecule has 0 spiro atoms. The van der Waals surface area contributed by atoms with Crippen molar-refractivity contribution in [1.82, 2.24) is 20.4 Å². The molecule has 3 aromatic rings. The lowest BCUT2D eigenvalue weighted by Gasteiger charge is -2.43. The summed E-state index contributed by atoms with van der Waals surface area (Å²) in [5.74, 6) is 0.0781. The fraction of sp³-hybridized carbons (Fsp3) is 0.375. The summed E-state index contributed by atoms with van der Waals surface area (Å²) in [6.45, 7) is 5.64. The van der Waals surface area contributed by atoms with Crippen LogP contribution in [-0.2, 0) is 5.54 Å². The fourth-order valence-corrected chi connectivity index (χ4v) is 5.81. The summed E-state index contributed by atoms with van der Waals surface area (Å²) in [6.07, 6.45) is 2.49. The Morgan fingerprint density at radius 1 is 0.950 bits per heavy atom. The number of hydrogen-bond donors (Lipinski definition) is 2. The molecule has 0 aromatic heterocycles. The van der Waals surface area contributed by atoms with Gasteiger partial charge in [-0.05, 0) is 68.1 Å². The number of piperidine rings is 1. The molecular weight excluding hydrogens is 543 g/mol. The third-order valence-corrected chi connectivity index (χ3v) is 8.54. The van der Waals surface area contributed by atoms with E-state index >= 15 is 0 Å². The molecule has 6 nitrogen and oxygen atoms in total. The topological polar surface area (TPSA) is 64.7 Å². The van der Waals surface area contributed by atoms with Gasteiger partial charge < -0.3 is 20.4 Å². The molecule has 1 fully saturated rings. The van der Waals surface area contributed by atoms with Gasteiger partial charge in [-0.2, -0.15) is 0 Å². The Hall–Kier alpha value is -3.06. The molecule has 3 amide bonds. The zero-order valence-electron chi connectivity index (χ0n) is 23.2. The number of hydrogen-bond acceptors (Lipinski definition) is 3. The molecule has 3 aromatic carbocycles. The maximum absolute atomic E-state index is 13.1. The van der Waals surface area contributed by atoms with Crippen LogP contribution in [0.15, 0.2) is 78.9 Å². The summed E-state index contributed by atoms with van der Waals surface area (Å²) in [6, 6.07) is 25.2. The average Bonchev–Trinajstić information content (AvgIpc) is 2.98. The first-order valence-corrected chi connectivity index (χ1v) is 14.7. The van der Waals surface area contributed by atoms with Crippen LogP contribution in [-0.4, -0.2) is 61.5 Å². The second-order valence-electron chi connectivity index (χ2n) is 10.5. The molecule has 2 N–H and O–H groups in total. The zero-order chi connectivity index (χ0) is 28.5. The zero-order valence-corrected chi connectivity index (χ0v) is 24.7. The Bertz CT molecular complexity index is 1260. The van der Waals surface area contributed by atoms with Crippen LogP contribution in [0.25, 0.3) is 0 Å². The predicted molar refractivity (Wildman–Crippen MR) is 163 cm³/mol. The van der Waals surface area contributed by atoms with Gasteiger partial charge in [0.25, 0.3) is 5.91 Å². The predicted octanol–water partition coefficient (Wildman–Crippen LogP) is 6.55. The Morgan fingerprint density at radius 3 is 2.23 bits per heavy atom. The summed E-state index contributed by atoms with van der Waals surface area (Å²) in [5, 5.41) is 7.20. The van der Waals surface area contributed by atoms with Gasteiger partial charge in [0.05, 0.1) is 15.6 Å². The second-order valence-corrected chi connectivity index (χ2v) is 11.3. The van der Waals surface area contributed by atoms with Gasteiger partial charge in [0.1, 0.15) is 0 Å². The van der Waals surface area contributed by atoms with E-state index in [0.29, 0.717) is 28.7 Å². The van der Waals surface area contributed by atoms with E-state index < -0.39 is 5.54 Å². The second kappa shape index (κ2) is 14.0. The summed E-state index contributed by atoms with van der Waals surface area (Å²) in [7, 11) is 1.85. The van der Waals surface area contributed by atoms with Crippen LogP contribution in [0.3, 0.4) is 0 Å². The Morgan fingerprint density at radius 2 is 1.60 bits per heavy atom. The van der Waals surface area contributed by atoms with Crippen molar-refractivity contribution < 1.29 is 9.59 Å². The molecule has 0 aliphatic carbocycles. The first-order chi connectivity index (χ1) is 19.3. The van der Waals surface area contributed by atoms with Crippen molar-refractivity contribution in [1.29, 1.82) is 0 Å². The Kier molecular flexibility index (Phi) is 10.5. The van der Waals surface area contributed by atoms with Crippen LogP contribution in [0.2, 0.25) is 10.0 Å². The fourth-order valence-electron chi connectivity index (χ4n) is 5.51. The molecule has 1 aliphatic heterocycles. The number of amides is 3. The lowest BCUT2D eigenvalue weighted by atomic mass is 9.80. The number of likely N-dealkylation sites (N-methyl/N-ethyl adjacent to an activating group) is 1. The summed E-state index contributed by atoms with van der Waals surface area (Å²) in [5.41, 5.74) is 2.47. The van der Waals surface area contributed by atoms with Crippen LogP contribution >= 0.6 is 23.2 Å². The van der Waals surface area contributed by atoms with Gasteiger partial charge >= 0.3 is 6.03 Å².